The lowest BCUT2D eigenvalue weighted by Crippen LogP contribution is -2.56. The first-order valence-electron chi connectivity index (χ1n) is 15.5. The largest absolute Gasteiger partial charge is 0.444 e. The average molecular weight is 601 g/mol. The molecule has 42 heavy (non-hydrogen) atoms. The van der Waals surface area contributed by atoms with E-state index in [-0.39, 0.29) is 30.7 Å². The van der Waals surface area contributed by atoms with Crippen LogP contribution in [0.4, 0.5) is 4.79 Å². The van der Waals surface area contributed by atoms with E-state index in [0.717, 1.165) is 38.2 Å². The van der Waals surface area contributed by atoms with Crippen LogP contribution in [0.5, 0.6) is 0 Å². The third-order valence-corrected chi connectivity index (χ3v) is 9.53. The molecule has 232 valence electrons. The maximum absolute atomic E-state index is 13.6. The van der Waals surface area contributed by atoms with Gasteiger partial charge in [0.05, 0.1) is 6.54 Å². The van der Waals surface area contributed by atoms with Crippen LogP contribution in [0.3, 0.4) is 0 Å². The summed E-state index contributed by atoms with van der Waals surface area (Å²) in [6.45, 7) is 7.74. The number of rotatable bonds is 10. The Hall–Kier alpha value is -2.59. The van der Waals surface area contributed by atoms with E-state index in [9.17, 15) is 19.2 Å². The standard InChI is InChI=1S/C32H48N4O5S/c1-32(2,3)41-31(40)36-20-26(37)18-28(36)30(39)34-27(22-42-21-24-12-8-5-9-13-24)29(38)33-25-14-16-35(17-15-25)19-23-10-6-4-7-11-23/h4,6-7,10-11,24-25,27-28H,5,8-9,12-22H2,1-3H3,(H,33,38)(H,34,39)/t27-,28?/m0/s1. The number of hydrogen-bond donors (Lipinski definition) is 2. The van der Waals surface area contributed by atoms with E-state index >= 15 is 0 Å². The third-order valence-electron chi connectivity index (χ3n) is 8.25. The summed E-state index contributed by atoms with van der Waals surface area (Å²) in [5.74, 6) is 1.18. The number of nitrogens with zero attached hydrogens (tertiary/aromatic N) is 2. The lowest BCUT2D eigenvalue weighted by atomic mass is 9.91. The van der Waals surface area contributed by atoms with Gasteiger partial charge >= 0.3 is 6.09 Å². The summed E-state index contributed by atoms with van der Waals surface area (Å²) in [7, 11) is 0. The number of benzene rings is 1. The number of thioether (sulfide) groups is 1. The SMILES string of the molecule is CC(C)(C)OC(=O)N1CC(=O)CC1C(=O)N[C@@H](CSCC1CCCCC1)C(=O)NC1CCN(Cc2ccccc2)CC1. The lowest BCUT2D eigenvalue weighted by molar-refractivity contribution is -0.131. The number of Topliss-reactive ketones (excluding diaryl/α,β-unsaturated/α-hetero) is 1. The molecular weight excluding hydrogens is 552 g/mol. The average Bonchev–Trinajstić information content (AvgIpc) is 3.36. The molecule has 0 radical (unpaired) electrons. The lowest BCUT2D eigenvalue weighted by Gasteiger charge is -2.33. The van der Waals surface area contributed by atoms with Crippen LogP contribution in [0.15, 0.2) is 30.3 Å². The minimum atomic E-state index is -0.979. The Morgan fingerprint density at radius 3 is 2.38 bits per heavy atom. The molecule has 1 aliphatic carbocycles. The van der Waals surface area contributed by atoms with Gasteiger partial charge in [-0.25, -0.2) is 4.79 Å². The first-order chi connectivity index (χ1) is 20.1. The van der Waals surface area contributed by atoms with Gasteiger partial charge < -0.3 is 15.4 Å². The summed E-state index contributed by atoms with van der Waals surface area (Å²) >= 11 is 1.70. The zero-order valence-corrected chi connectivity index (χ0v) is 26.3. The number of ketones is 1. The molecule has 2 heterocycles. The van der Waals surface area contributed by atoms with Gasteiger partial charge in [-0.2, -0.15) is 11.8 Å². The topological polar surface area (TPSA) is 108 Å². The summed E-state index contributed by atoms with van der Waals surface area (Å²) in [5.41, 5.74) is 0.530. The van der Waals surface area contributed by atoms with Crippen molar-refractivity contribution in [1.82, 2.24) is 20.4 Å². The second-order valence-corrected chi connectivity index (χ2v) is 14.1. The zero-order chi connectivity index (χ0) is 30.1. The van der Waals surface area contributed by atoms with E-state index in [1.165, 1.54) is 42.6 Å². The van der Waals surface area contributed by atoms with Crippen LogP contribution >= 0.6 is 11.8 Å². The Bertz CT molecular complexity index is 1060. The van der Waals surface area contributed by atoms with Gasteiger partial charge in [-0.05, 0) is 63.7 Å². The number of likely N-dealkylation sites (tertiary alicyclic amines) is 2. The van der Waals surface area contributed by atoms with Gasteiger partial charge in [0.25, 0.3) is 0 Å². The second-order valence-electron chi connectivity index (χ2n) is 13.0. The van der Waals surface area contributed by atoms with Crippen LogP contribution in [0.1, 0.15) is 77.7 Å². The highest BCUT2D eigenvalue weighted by molar-refractivity contribution is 7.99. The predicted molar refractivity (Wildman–Crippen MR) is 165 cm³/mol. The summed E-state index contributed by atoms with van der Waals surface area (Å²) in [4.78, 5) is 55.7. The van der Waals surface area contributed by atoms with Crippen molar-refractivity contribution < 1.29 is 23.9 Å². The van der Waals surface area contributed by atoms with Gasteiger partial charge in [0, 0.05) is 37.8 Å². The van der Waals surface area contributed by atoms with E-state index in [1.807, 2.05) is 6.07 Å². The van der Waals surface area contributed by atoms with E-state index in [1.54, 1.807) is 32.5 Å². The summed E-state index contributed by atoms with van der Waals surface area (Å²) in [6, 6.07) is 8.71. The van der Waals surface area contributed by atoms with E-state index < -0.39 is 29.7 Å². The number of hydrogen-bond acceptors (Lipinski definition) is 7. The molecule has 3 aliphatic rings. The van der Waals surface area contributed by atoms with Crippen molar-refractivity contribution in [2.45, 2.75) is 102 Å². The van der Waals surface area contributed by atoms with Crippen molar-refractivity contribution in [2.24, 2.45) is 5.92 Å². The highest BCUT2D eigenvalue weighted by Gasteiger charge is 2.42. The molecule has 3 fully saturated rings. The molecule has 9 nitrogen and oxygen atoms in total. The third kappa shape index (κ3) is 10.0. The number of piperidine rings is 1. The van der Waals surface area contributed by atoms with Gasteiger partial charge in [-0.15, -0.1) is 0 Å². The molecule has 10 heteroatoms. The highest BCUT2D eigenvalue weighted by Crippen LogP contribution is 2.27. The first kappa shape index (κ1) is 32.3. The zero-order valence-electron chi connectivity index (χ0n) is 25.4. The molecular formula is C32H48N4O5S. The molecule has 0 spiro atoms. The van der Waals surface area contributed by atoms with Crippen LogP contribution < -0.4 is 10.6 Å². The highest BCUT2D eigenvalue weighted by atomic mass is 32.2. The Morgan fingerprint density at radius 2 is 1.71 bits per heavy atom. The van der Waals surface area contributed by atoms with Crippen LogP contribution in [0.25, 0.3) is 0 Å². The number of carbonyl (C=O) groups excluding carboxylic acids is 4. The summed E-state index contributed by atoms with van der Waals surface area (Å²) in [5, 5.41) is 6.11. The van der Waals surface area contributed by atoms with E-state index in [0.29, 0.717) is 11.7 Å². The number of nitrogens with one attached hydrogen (secondary N) is 2. The van der Waals surface area contributed by atoms with Crippen LogP contribution in [0.2, 0.25) is 0 Å². The quantitative estimate of drug-likeness (QED) is 0.416. The Labute approximate surface area is 254 Å². The van der Waals surface area contributed by atoms with Crippen molar-refractivity contribution >= 4 is 35.5 Å². The molecule has 0 aromatic heterocycles. The maximum Gasteiger partial charge on any atom is 0.411 e. The molecule has 2 aliphatic heterocycles. The van der Waals surface area contributed by atoms with Crippen molar-refractivity contribution in [3.63, 3.8) is 0 Å². The van der Waals surface area contributed by atoms with Crippen molar-refractivity contribution in [2.75, 3.05) is 31.1 Å². The Balaban J connectivity index is 1.35. The van der Waals surface area contributed by atoms with Gasteiger partial charge in [0.15, 0.2) is 5.78 Å². The van der Waals surface area contributed by atoms with Gasteiger partial charge in [0.2, 0.25) is 11.8 Å². The minimum Gasteiger partial charge on any atom is -0.444 e. The molecule has 1 aromatic rings. The summed E-state index contributed by atoms with van der Waals surface area (Å²) in [6.07, 6.45) is 7.16. The van der Waals surface area contributed by atoms with Gasteiger partial charge in [-0.3, -0.25) is 24.2 Å². The maximum atomic E-state index is 13.6. The fraction of sp³-hybridized carbons (Fsp3) is 0.688. The van der Waals surface area contributed by atoms with Crippen LogP contribution in [-0.2, 0) is 25.7 Å². The van der Waals surface area contributed by atoms with Crippen LogP contribution in [0, 0.1) is 5.92 Å². The van der Waals surface area contributed by atoms with Crippen molar-refractivity contribution in [3.05, 3.63) is 35.9 Å². The monoisotopic (exact) mass is 600 g/mol. The van der Waals surface area contributed by atoms with Gasteiger partial charge in [0.1, 0.15) is 17.7 Å². The molecule has 2 saturated heterocycles. The Morgan fingerprint density at radius 1 is 1.02 bits per heavy atom. The fourth-order valence-corrected chi connectivity index (χ4v) is 7.25. The molecule has 1 unspecified atom stereocenters. The van der Waals surface area contributed by atoms with Gasteiger partial charge in [-0.1, -0.05) is 49.6 Å². The molecule has 2 atom stereocenters. The smallest absolute Gasteiger partial charge is 0.411 e. The summed E-state index contributed by atoms with van der Waals surface area (Å²) < 4.78 is 5.45. The second kappa shape index (κ2) is 15.2. The fourth-order valence-electron chi connectivity index (χ4n) is 5.97. The van der Waals surface area contributed by atoms with E-state index in [4.69, 9.17) is 4.74 Å². The van der Waals surface area contributed by atoms with E-state index in [2.05, 4.69) is 39.8 Å². The molecule has 1 aromatic carbocycles. The number of carbonyl (C=O) groups is 4. The molecule has 4 rings (SSSR count). The molecule has 0 bridgehead atoms. The number of ether oxygens (including phenoxy) is 1. The Kier molecular flexibility index (Phi) is 11.7. The molecule has 2 N–H and O–H groups in total. The van der Waals surface area contributed by atoms with Crippen molar-refractivity contribution in [3.8, 4) is 0 Å². The normalized spacial score (nSPS) is 21.6. The molecule has 1 saturated carbocycles. The number of amides is 3. The van der Waals surface area contributed by atoms with Crippen molar-refractivity contribution in [1.29, 1.82) is 0 Å². The first-order valence-corrected chi connectivity index (χ1v) is 16.7. The van der Waals surface area contributed by atoms with Crippen LogP contribution in [-0.4, -0.2) is 88.4 Å². The molecule has 3 amide bonds. The predicted octanol–water partition coefficient (Wildman–Crippen LogP) is 4.14. The minimum absolute atomic E-state index is 0.0404.